The van der Waals surface area contributed by atoms with Gasteiger partial charge >= 0.3 is 0 Å². The molecule has 1 N–H and O–H groups in total. The van der Waals surface area contributed by atoms with E-state index in [1.165, 1.54) is 17.8 Å². The van der Waals surface area contributed by atoms with Crippen molar-refractivity contribution in [3.63, 3.8) is 0 Å². The highest BCUT2D eigenvalue weighted by molar-refractivity contribution is 6.30. The van der Waals surface area contributed by atoms with E-state index in [1.54, 1.807) is 0 Å². The minimum Gasteiger partial charge on any atom is -0.457 e. The van der Waals surface area contributed by atoms with Gasteiger partial charge in [0.1, 0.15) is 17.3 Å². The van der Waals surface area contributed by atoms with Crippen LogP contribution >= 0.6 is 11.6 Å². The molecule has 0 unspecified atom stereocenters. The number of likely N-dealkylation sites (tertiary alicyclic amines) is 1. The Morgan fingerprint density at radius 1 is 0.977 bits per heavy atom. The fourth-order valence-electron chi connectivity index (χ4n) is 6.04. The van der Waals surface area contributed by atoms with Crippen molar-refractivity contribution in [2.24, 2.45) is 0 Å². The Balaban J connectivity index is 1.01. The number of aryl methyl sites for hydroxylation is 1. The largest absolute Gasteiger partial charge is 0.457 e. The average molecular weight is 592 g/mol. The van der Waals surface area contributed by atoms with E-state index in [-0.39, 0.29) is 0 Å². The molecule has 5 aromatic rings. The molecule has 1 aliphatic heterocycles. The number of ether oxygens (including phenoxy) is 1. The molecule has 0 atom stereocenters. The second-order valence-electron chi connectivity index (χ2n) is 11.9. The third-order valence-electron chi connectivity index (χ3n) is 8.41. The summed E-state index contributed by atoms with van der Waals surface area (Å²) in [5, 5.41) is 11.0. The van der Waals surface area contributed by atoms with Crippen LogP contribution in [0, 0.1) is 11.3 Å². The van der Waals surface area contributed by atoms with Crippen LogP contribution in [0.25, 0.3) is 16.6 Å². The molecule has 0 radical (unpaired) electrons. The van der Waals surface area contributed by atoms with Gasteiger partial charge in [-0.2, -0.15) is 5.26 Å². The van der Waals surface area contributed by atoms with Crippen LogP contribution < -0.4 is 4.74 Å². The lowest BCUT2D eigenvalue weighted by molar-refractivity contribution is 0.207. The van der Waals surface area contributed by atoms with Gasteiger partial charge < -0.3 is 19.2 Å². The monoisotopic (exact) mass is 591 g/mol. The molecule has 6 nitrogen and oxygen atoms in total. The molecular formula is C36H38ClN5O. The Labute approximate surface area is 258 Å². The van der Waals surface area contributed by atoms with Gasteiger partial charge in [-0.25, -0.2) is 4.98 Å². The average Bonchev–Trinajstić information content (AvgIpc) is 3.66. The second-order valence-corrected chi connectivity index (χ2v) is 12.3. The van der Waals surface area contributed by atoms with Crippen molar-refractivity contribution in [1.82, 2.24) is 19.4 Å². The number of nitriles is 1. The van der Waals surface area contributed by atoms with Crippen LogP contribution in [0.2, 0.25) is 5.02 Å². The summed E-state index contributed by atoms with van der Waals surface area (Å²) < 4.78 is 8.24. The number of aromatic amines is 1. The summed E-state index contributed by atoms with van der Waals surface area (Å²) in [6, 6.07) is 25.9. The molecular weight excluding hydrogens is 554 g/mol. The van der Waals surface area contributed by atoms with Crippen LogP contribution in [0.4, 0.5) is 0 Å². The van der Waals surface area contributed by atoms with E-state index in [9.17, 15) is 0 Å². The number of rotatable bonds is 10. The van der Waals surface area contributed by atoms with E-state index in [4.69, 9.17) is 26.6 Å². The first-order chi connectivity index (χ1) is 20.9. The zero-order valence-corrected chi connectivity index (χ0v) is 25.6. The van der Waals surface area contributed by atoms with Crippen molar-refractivity contribution in [2.75, 3.05) is 19.6 Å². The molecule has 1 fully saturated rings. The van der Waals surface area contributed by atoms with Crippen LogP contribution in [0.1, 0.15) is 74.1 Å². The van der Waals surface area contributed by atoms with Gasteiger partial charge in [-0.3, -0.25) is 0 Å². The molecule has 3 heterocycles. The topological polar surface area (TPSA) is 69.9 Å². The first-order valence-corrected chi connectivity index (χ1v) is 15.7. The number of nitrogens with one attached hydrogen (secondary N) is 1. The van der Waals surface area contributed by atoms with E-state index >= 15 is 0 Å². The SMILES string of the molecule is CC(C)c1nc(C2CCN(CCCCc3cc4cc(C#N)ccc4[nH]3)CC2)cn1-c1ccc(Oc2ccc(Cl)cc2)cc1. The van der Waals surface area contributed by atoms with E-state index in [2.05, 4.69) is 58.8 Å². The zero-order valence-electron chi connectivity index (χ0n) is 24.9. The number of halogens is 1. The van der Waals surface area contributed by atoms with E-state index in [1.807, 2.05) is 54.6 Å². The van der Waals surface area contributed by atoms with Gasteiger partial charge in [0.05, 0.1) is 17.3 Å². The molecule has 0 spiro atoms. The summed E-state index contributed by atoms with van der Waals surface area (Å²) in [5.74, 6) is 3.48. The lowest BCUT2D eigenvalue weighted by atomic mass is 9.94. The summed E-state index contributed by atoms with van der Waals surface area (Å²) in [5.41, 5.74) is 5.39. The smallest absolute Gasteiger partial charge is 0.127 e. The Hall–Kier alpha value is -4.05. The quantitative estimate of drug-likeness (QED) is 0.165. The number of fused-ring (bicyclic) bond motifs is 1. The molecule has 7 heteroatoms. The highest BCUT2D eigenvalue weighted by Crippen LogP contribution is 2.31. The van der Waals surface area contributed by atoms with Crippen molar-refractivity contribution in [1.29, 1.82) is 5.26 Å². The molecule has 220 valence electrons. The van der Waals surface area contributed by atoms with Crippen molar-refractivity contribution < 1.29 is 4.74 Å². The summed E-state index contributed by atoms with van der Waals surface area (Å²) >= 11 is 6.00. The van der Waals surface area contributed by atoms with E-state index in [0.29, 0.717) is 22.4 Å². The number of benzene rings is 3. The van der Waals surface area contributed by atoms with Crippen LogP contribution in [-0.2, 0) is 6.42 Å². The lowest BCUT2D eigenvalue weighted by Gasteiger charge is -2.31. The molecule has 2 aromatic heterocycles. The standard InChI is InChI=1S/C36H38ClN5O/c1-25(2)36-40-35(24-42(36)31-9-13-33(14-10-31)43-32-11-7-29(37)8-12-32)27-16-19-41(20-17-27)18-4-3-5-30-22-28-21-26(23-38)6-15-34(28)39-30/h6-15,21-22,24-25,27,39H,3-5,16-20H2,1-2H3. The van der Waals surface area contributed by atoms with Gasteiger partial charge in [-0.1, -0.05) is 25.4 Å². The van der Waals surface area contributed by atoms with Gasteiger partial charge in [-0.15, -0.1) is 0 Å². The van der Waals surface area contributed by atoms with E-state index in [0.717, 1.165) is 79.2 Å². The summed E-state index contributed by atoms with van der Waals surface area (Å²) in [7, 11) is 0. The molecule has 6 rings (SSSR count). The number of nitrogens with zero attached hydrogens (tertiary/aromatic N) is 4. The maximum atomic E-state index is 9.14. The van der Waals surface area contributed by atoms with Gasteiger partial charge in [0.2, 0.25) is 0 Å². The van der Waals surface area contributed by atoms with Crippen molar-refractivity contribution in [3.05, 3.63) is 107 Å². The Kier molecular flexibility index (Phi) is 8.83. The maximum Gasteiger partial charge on any atom is 0.127 e. The third kappa shape index (κ3) is 6.96. The number of hydrogen-bond acceptors (Lipinski definition) is 4. The van der Waals surface area contributed by atoms with Gasteiger partial charge in [0.15, 0.2) is 0 Å². The number of hydrogen-bond donors (Lipinski definition) is 1. The fourth-order valence-corrected chi connectivity index (χ4v) is 6.16. The molecule has 0 amide bonds. The number of piperidine rings is 1. The third-order valence-corrected chi connectivity index (χ3v) is 8.67. The molecule has 43 heavy (non-hydrogen) atoms. The van der Waals surface area contributed by atoms with Gasteiger partial charge in [-0.05, 0) is 125 Å². The zero-order chi connectivity index (χ0) is 29.8. The van der Waals surface area contributed by atoms with Crippen molar-refractivity contribution in [2.45, 2.75) is 57.8 Å². The second kappa shape index (κ2) is 13.1. The molecule has 3 aromatic carbocycles. The van der Waals surface area contributed by atoms with Gasteiger partial charge in [0, 0.05) is 45.3 Å². The molecule has 0 saturated carbocycles. The molecule has 1 saturated heterocycles. The predicted octanol–water partition coefficient (Wildman–Crippen LogP) is 9.00. The Morgan fingerprint density at radius 2 is 1.70 bits per heavy atom. The number of aromatic nitrogens is 3. The molecule has 1 aliphatic rings. The predicted molar refractivity (Wildman–Crippen MR) is 174 cm³/mol. The lowest BCUT2D eigenvalue weighted by Crippen LogP contribution is -2.33. The highest BCUT2D eigenvalue weighted by atomic mass is 35.5. The summed E-state index contributed by atoms with van der Waals surface area (Å²) in [6.07, 6.45) is 7.93. The van der Waals surface area contributed by atoms with Crippen molar-refractivity contribution >= 4 is 22.5 Å². The van der Waals surface area contributed by atoms with Crippen LogP contribution in [0.5, 0.6) is 11.5 Å². The maximum absolute atomic E-state index is 9.14. The van der Waals surface area contributed by atoms with Crippen LogP contribution in [0.3, 0.4) is 0 Å². The number of unbranched alkanes of at least 4 members (excludes halogenated alkanes) is 1. The Morgan fingerprint density at radius 3 is 2.40 bits per heavy atom. The first-order valence-electron chi connectivity index (χ1n) is 15.3. The number of H-pyrrole nitrogens is 1. The van der Waals surface area contributed by atoms with Crippen molar-refractivity contribution in [3.8, 4) is 23.3 Å². The first kappa shape index (κ1) is 29.0. The number of imidazole rings is 1. The fraction of sp³-hybridized carbons (Fsp3) is 0.333. The van der Waals surface area contributed by atoms with Gasteiger partial charge in [0.25, 0.3) is 0 Å². The minimum atomic E-state index is 0.324. The normalized spacial score (nSPS) is 14.4. The Bertz CT molecular complexity index is 1700. The molecule has 0 aliphatic carbocycles. The van der Waals surface area contributed by atoms with Crippen LogP contribution in [0.15, 0.2) is 79.0 Å². The minimum absolute atomic E-state index is 0.324. The van der Waals surface area contributed by atoms with E-state index < -0.39 is 0 Å². The summed E-state index contributed by atoms with van der Waals surface area (Å²) in [4.78, 5) is 11.3. The molecule has 0 bridgehead atoms. The summed E-state index contributed by atoms with van der Waals surface area (Å²) in [6.45, 7) is 7.80. The van der Waals surface area contributed by atoms with Crippen LogP contribution in [-0.4, -0.2) is 39.1 Å². The highest BCUT2D eigenvalue weighted by Gasteiger charge is 2.24.